The van der Waals surface area contributed by atoms with Gasteiger partial charge in [0.15, 0.2) is 0 Å². The maximum atomic E-state index is 11.9. The number of nitrogens with one attached hydrogen (secondary N) is 1. The average Bonchev–Trinajstić information content (AvgIpc) is 3.07. The number of aromatic nitrogens is 1. The van der Waals surface area contributed by atoms with Gasteiger partial charge in [0.1, 0.15) is 11.7 Å². The summed E-state index contributed by atoms with van der Waals surface area (Å²) in [6, 6.07) is 0.214. The van der Waals surface area contributed by atoms with E-state index in [1.54, 1.807) is 4.57 Å². The van der Waals surface area contributed by atoms with E-state index < -0.39 is 22.8 Å². The van der Waals surface area contributed by atoms with Gasteiger partial charge in [0, 0.05) is 12.1 Å². The Hall–Kier alpha value is -2.38. The second-order valence-electron chi connectivity index (χ2n) is 4.51. The monoisotopic (exact) mass is 267 g/mol. The number of carbonyl (C=O) groups is 2. The molecule has 1 aliphatic carbocycles. The van der Waals surface area contributed by atoms with Crippen molar-refractivity contribution in [1.29, 1.82) is 0 Å². The van der Waals surface area contributed by atoms with E-state index in [1.807, 2.05) is 0 Å². The highest BCUT2D eigenvalue weighted by molar-refractivity contribution is 5.96. The molecule has 1 aromatic rings. The maximum absolute atomic E-state index is 11.9. The molecule has 1 fully saturated rings. The fourth-order valence-corrected chi connectivity index (χ4v) is 1.73. The van der Waals surface area contributed by atoms with E-state index in [-0.39, 0.29) is 17.4 Å². The third-order valence-corrected chi connectivity index (χ3v) is 2.94. The number of nitro groups is 1. The molecule has 1 aromatic heterocycles. The molecule has 0 spiro atoms. The number of hydrogen-bond donors (Lipinski definition) is 2. The number of rotatable bonds is 5. The summed E-state index contributed by atoms with van der Waals surface area (Å²) in [6.45, 7) is 1.33. The Kier molecular flexibility index (Phi) is 3.24. The maximum Gasteiger partial charge on any atom is 0.325 e. The van der Waals surface area contributed by atoms with E-state index in [9.17, 15) is 19.7 Å². The van der Waals surface area contributed by atoms with Crippen LogP contribution < -0.4 is 5.32 Å². The van der Waals surface area contributed by atoms with Crippen LogP contribution in [0.4, 0.5) is 5.69 Å². The molecule has 1 atom stereocenters. The van der Waals surface area contributed by atoms with Crippen LogP contribution in [0.25, 0.3) is 0 Å². The second kappa shape index (κ2) is 4.71. The van der Waals surface area contributed by atoms with Gasteiger partial charge in [-0.15, -0.1) is 0 Å². The van der Waals surface area contributed by atoms with Gasteiger partial charge in [-0.25, -0.2) is 0 Å². The van der Waals surface area contributed by atoms with E-state index in [4.69, 9.17) is 5.11 Å². The molecule has 1 unspecified atom stereocenters. The minimum Gasteiger partial charge on any atom is -0.480 e. The Morgan fingerprint density at radius 1 is 1.58 bits per heavy atom. The van der Waals surface area contributed by atoms with Crippen LogP contribution in [0.5, 0.6) is 0 Å². The molecular formula is C11H13N3O5. The first-order valence-electron chi connectivity index (χ1n) is 5.80. The van der Waals surface area contributed by atoms with Crippen molar-refractivity contribution in [3.05, 3.63) is 28.1 Å². The fourth-order valence-electron chi connectivity index (χ4n) is 1.73. The summed E-state index contributed by atoms with van der Waals surface area (Å²) in [5.41, 5.74) is -0.0395. The van der Waals surface area contributed by atoms with E-state index in [0.717, 1.165) is 12.8 Å². The molecule has 2 rings (SSSR count). The van der Waals surface area contributed by atoms with Gasteiger partial charge in [-0.3, -0.25) is 19.7 Å². The zero-order chi connectivity index (χ0) is 14.2. The van der Waals surface area contributed by atoms with Crippen molar-refractivity contribution in [3.8, 4) is 0 Å². The normalized spacial score (nSPS) is 15.8. The van der Waals surface area contributed by atoms with Crippen LogP contribution in [0.1, 0.15) is 36.3 Å². The Balaban J connectivity index is 2.24. The highest BCUT2D eigenvalue weighted by Gasteiger charge is 2.31. The van der Waals surface area contributed by atoms with Crippen LogP contribution in [-0.4, -0.2) is 32.5 Å². The summed E-state index contributed by atoms with van der Waals surface area (Å²) in [6.07, 6.45) is 3.04. The van der Waals surface area contributed by atoms with Gasteiger partial charge in [-0.05, 0) is 19.8 Å². The Morgan fingerprint density at radius 3 is 2.68 bits per heavy atom. The first-order valence-corrected chi connectivity index (χ1v) is 5.80. The summed E-state index contributed by atoms with van der Waals surface area (Å²) in [5, 5.41) is 21.8. The molecule has 0 aliphatic heterocycles. The summed E-state index contributed by atoms with van der Waals surface area (Å²) in [7, 11) is 0. The Labute approximate surface area is 108 Å². The van der Waals surface area contributed by atoms with Gasteiger partial charge in [-0.1, -0.05) is 0 Å². The lowest BCUT2D eigenvalue weighted by Crippen LogP contribution is -2.39. The van der Waals surface area contributed by atoms with Crippen molar-refractivity contribution < 1.29 is 19.6 Å². The van der Waals surface area contributed by atoms with Crippen molar-refractivity contribution >= 4 is 17.6 Å². The molecule has 102 valence electrons. The molecule has 19 heavy (non-hydrogen) atoms. The van der Waals surface area contributed by atoms with Crippen LogP contribution in [0, 0.1) is 10.1 Å². The van der Waals surface area contributed by atoms with Crippen LogP contribution in [0.2, 0.25) is 0 Å². The fraction of sp³-hybridized carbons (Fsp3) is 0.455. The highest BCUT2D eigenvalue weighted by atomic mass is 16.6. The molecule has 1 saturated carbocycles. The first-order chi connectivity index (χ1) is 8.90. The van der Waals surface area contributed by atoms with Crippen molar-refractivity contribution in [2.75, 3.05) is 0 Å². The predicted octanol–water partition coefficient (Wildman–Crippen LogP) is 0.934. The molecule has 0 aromatic carbocycles. The third kappa shape index (κ3) is 2.72. The minimum atomic E-state index is -1.16. The summed E-state index contributed by atoms with van der Waals surface area (Å²) in [4.78, 5) is 32.8. The average molecular weight is 267 g/mol. The lowest BCUT2D eigenvalue weighted by atomic mass is 10.3. The molecule has 1 amide bonds. The van der Waals surface area contributed by atoms with Gasteiger partial charge in [0.25, 0.3) is 11.6 Å². The molecule has 2 N–H and O–H groups in total. The molecule has 8 heteroatoms. The molecule has 0 saturated heterocycles. The summed E-state index contributed by atoms with van der Waals surface area (Å²) < 4.78 is 1.54. The number of carboxylic acid groups (broad SMARTS) is 1. The van der Waals surface area contributed by atoms with Crippen molar-refractivity contribution in [3.63, 3.8) is 0 Å². The largest absolute Gasteiger partial charge is 0.480 e. The van der Waals surface area contributed by atoms with Gasteiger partial charge in [-0.2, -0.15) is 0 Å². The number of hydrogen-bond acceptors (Lipinski definition) is 4. The molecule has 0 radical (unpaired) electrons. The highest BCUT2D eigenvalue weighted by Crippen LogP contribution is 2.37. The molecule has 0 bridgehead atoms. The SMILES string of the molecule is CC(NC(=O)c1cc([N+](=O)[O-])cn1C1CC1)C(=O)O. The number of amides is 1. The Bertz CT molecular complexity index is 547. The van der Waals surface area contributed by atoms with Crippen LogP contribution >= 0.6 is 0 Å². The number of carbonyl (C=O) groups excluding carboxylic acids is 1. The van der Waals surface area contributed by atoms with E-state index in [0.29, 0.717) is 0 Å². The van der Waals surface area contributed by atoms with Crippen molar-refractivity contribution in [2.45, 2.75) is 31.8 Å². The minimum absolute atomic E-state index is 0.0922. The first kappa shape index (κ1) is 13.1. The van der Waals surface area contributed by atoms with Gasteiger partial charge >= 0.3 is 5.97 Å². The second-order valence-corrected chi connectivity index (χ2v) is 4.51. The van der Waals surface area contributed by atoms with Gasteiger partial charge < -0.3 is 15.0 Å². The molecule has 1 heterocycles. The van der Waals surface area contributed by atoms with E-state index in [1.165, 1.54) is 19.2 Å². The van der Waals surface area contributed by atoms with Crippen molar-refractivity contribution in [1.82, 2.24) is 9.88 Å². The van der Waals surface area contributed by atoms with E-state index in [2.05, 4.69) is 5.32 Å². The molecular weight excluding hydrogens is 254 g/mol. The Morgan fingerprint density at radius 2 is 2.21 bits per heavy atom. The standard InChI is InChI=1S/C11H13N3O5/c1-6(11(16)17)12-10(15)9-4-8(14(18)19)5-13(9)7-2-3-7/h4-7H,2-3H2,1H3,(H,12,15)(H,16,17). The summed E-state index contributed by atoms with van der Waals surface area (Å²) in [5.74, 6) is -1.78. The lowest BCUT2D eigenvalue weighted by molar-refractivity contribution is -0.384. The number of aliphatic carboxylic acids is 1. The molecule has 1 aliphatic rings. The zero-order valence-electron chi connectivity index (χ0n) is 10.2. The molecule has 8 nitrogen and oxygen atoms in total. The lowest BCUT2D eigenvalue weighted by Gasteiger charge is -2.10. The van der Waals surface area contributed by atoms with Gasteiger partial charge in [0.2, 0.25) is 0 Å². The van der Waals surface area contributed by atoms with Crippen molar-refractivity contribution in [2.24, 2.45) is 0 Å². The van der Waals surface area contributed by atoms with Crippen LogP contribution in [-0.2, 0) is 4.79 Å². The predicted molar refractivity (Wildman–Crippen MR) is 63.9 cm³/mol. The summed E-state index contributed by atoms with van der Waals surface area (Å²) >= 11 is 0. The smallest absolute Gasteiger partial charge is 0.325 e. The number of carboxylic acids is 1. The van der Waals surface area contributed by atoms with Gasteiger partial charge in [0.05, 0.1) is 11.1 Å². The quantitative estimate of drug-likeness (QED) is 0.608. The zero-order valence-corrected chi connectivity index (χ0v) is 10.2. The third-order valence-electron chi connectivity index (χ3n) is 2.94. The number of nitrogens with zero attached hydrogens (tertiary/aromatic N) is 2. The van der Waals surface area contributed by atoms with Crippen LogP contribution in [0.3, 0.4) is 0 Å². The topological polar surface area (TPSA) is 114 Å². The van der Waals surface area contributed by atoms with Crippen LogP contribution in [0.15, 0.2) is 12.3 Å². The van der Waals surface area contributed by atoms with E-state index >= 15 is 0 Å².